The van der Waals surface area contributed by atoms with Crippen molar-refractivity contribution in [3.8, 4) is 0 Å². The van der Waals surface area contributed by atoms with Crippen LogP contribution in [0.25, 0.3) is 0 Å². The van der Waals surface area contributed by atoms with E-state index in [2.05, 4.69) is 42.7 Å². The highest BCUT2D eigenvalue weighted by atomic mass is 32.1. The number of hydrogen-bond donors (Lipinski definition) is 0. The maximum Gasteiger partial charge on any atom is 0.327 e. The first-order valence-corrected chi connectivity index (χ1v) is 8.75. The molecule has 6 heteroatoms. The van der Waals surface area contributed by atoms with E-state index < -0.39 is 0 Å². The number of amides is 2. The standard InChI is InChI=1S/C17H26N4OS/c1-6-9-20-11-19(10-13(4)7-2)12-21(17(20)22)16-14(5)15(8-3)18-23-16/h6-7H,1,8-12H2,2-5H3. The van der Waals surface area contributed by atoms with Crippen molar-refractivity contribution in [2.45, 2.75) is 34.1 Å². The molecule has 0 bridgehead atoms. The number of carbonyl (C=O) groups excluding carboxylic acids is 1. The second-order valence-corrected chi connectivity index (χ2v) is 6.63. The van der Waals surface area contributed by atoms with Gasteiger partial charge in [0, 0.05) is 18.7 Å². The van der Waals surface area contributed by atoms with Gasteiger partial charge >= 0.3 is 6.03 Å². The molecule has 0 unspecified atom stereocenters. The van der Waals surface area contributed by atoms with Crippen molar-refractivity contribution in [2.24, 2.45) is 0 Å². The third kappa shape index (κ3) is 3.82. The molecule has 0 spiro atoms. The minimum atomic E-state index is 0.0358. The highest BCUT2D eigenvalue weighted by Gasteiger charge is 2.32. The van der Waals surface area contributed by atoms with Crippen molar-refractivity contribution in [1.82, 2.24) is 14.2 Å². The van der Waals surface area contributed by atoms with Crippen LogP contribution in [0, 0.1) is 6.92 Å². The zero-order valence-corrected chi connectivity index (χ0v) is 15.3. The molecule has 126 valence electrons. The van der Waals surface area contributed by atoms with E-state index in [4.69, 9.17) is 0 Å². The van der Waals surface area contributed by atoms with Gasteiger partial charge in [0.1, 0.15) is 5.00 Å². The molecule has 0 atom stereocenters. The summed E-state index contributed by atoms with van der Waals surface area (Å²) in [4.78, 5) is 18.8. The first kappa shape index (κ1) is 17.7. The Morgan fingerprint density at radius 1 is 1.43 bits per heavy atom. The van der Waals surface area contributed by atoms with E-state index in [0.717, 1.165) is 29.2 Å². The second-order valence-electron chi connectivity index (χ2n) is 5.88. The highest BCUT2D eigenvalue weighted by molar-refractivity contribution is 7.10. The van der Waals surface area contributed by atoms with Crippen molar-refractivity contribution in [2.75, 3.05) is 31.3 Å². The zero-order valence-electron chi connectivity index (χ0n) is 14.5. The quantitative estimate of drug-likeness (QED) is 0.746. The lowest BCUT2D eigenvalue weighted by atomic mass is 10.2. The number of hydrogen-bond acceptors (Lipinski definition) is 4. The van der Waals surface area contributed by atoms with Crippen LogP contribution >= 0.6 is 11.5 Å². The van der Waals surface area contributed by atoms with Gasteiger partial charge in [0.2, 0.25) is 0 Å². The molecule has 2 rings (SSSR count). The fourth-order valence-electron chi connectivity index (χ4n) is 2.70. The van der Waals surface area contributed by atoms with Crippen LogP contribution in [0.3, 0.4) is 0 Å². The molecule has 23 heavy (non-hydrogen) atoms. The van der Waals surface area contributed by atoms with E-state index >= 15 is 0 Å². The van der Waals surface area contributed by atoms with Crippen LogP contribution in [0.5, 0.6) is 0 Å². The fraction of sp³-hybridized carbons (Fsp3) is 0.529. The summed E-state index contributed by atoms with van der Waals surface area (Å²) in [6, 6.07) is 0.0358. The molecular weight excluding hydrogens is 308 g/mol. The van der Waals surface area contributed by atoms with Gasteiger partial charge in [0.25, 0.3) is 0 Å². The van der Waals surface area contributed by atoms with Crippen molar-refractivity contribution in [3.63, 3.8) is 0 Å². The largest absolute Gasteiger partial charge is 0.327 e. The molecule has 1 aliphatic heterocycles. The van der Waals surface area contributed by atoms with Gasteiger partial charge in [-0.05, 0) is 38.7 Å². The molecule has 0 aromatic carbocycles. The summed E-state index contributed by atoms with van der Waals surface area (Å²) in [6.07, 6.45) is 4.78. The molecule has 1 aromatic rings. The van der Waals surface area contributed by atoms with E-state index in [-0.39, 0.29) is 6.03 Å². The lowest BCUT2D eigenvalue weighted by Gasteiger charge is -2.41. The van der Waals surface area contributed by atoms with Crippen LogP contribution < -0.4 is 4.90 Å². The van der Waals surface area contributed by atoms with Crippen molar-refractivity contribution in [3.05, 3.63) is 35.6 Å². The third-order valence-corrected chi connectivity index (χ3v) is 5.12. The summed E-state index contributed by atoms with van der Waals surface area (Å²) in [5.74, 6) is 0. The Hall–Kier alpha value is -1.66. The van der Waals surface area contributed by atoms with Crippen LogP contribution in [0.1, 0.15) is 32.0 Å². The maximum atomic E-state index is 12.8. The molecule has 5 nitrogen and oxygen atoms in total. The minimum Gasteiger partial charge on any atom is -0.308 e. The number of carbonyl (C=O) groups is 1. The molecule has 1 saturated heterocycles. The summed E-state index contributed by atoms with van der Waals surface area (Å²) in [5, 5.41) is 0.962. The number of rotatable bonds is 6. The Labute approximate surface area is 143 Å². The van der Waals surface area contributed by atoms with Crippen molar-refractivity contribution in [1.29, 1.82) is 0 Å². The Bertz CT molecular complexity index is 608. The molecule has 0 saturated carbocycles. The first-order valence-electron chi connectivity index (χ1n) is 7.98. The Kier molecular flexibility index (Phi) is 5.96. The Morgan fingerprint density at radius 3 is 2.74 bits per heavy atom. The van der Waals surface area contributed by atoms with Crippen LogP contribution in [-0.2, 0) is 6.42 Å². The van der Waals surface area contributed by atoms with Crippen molar-refractivity contribution < 1.29 is 4.79 Å². The summed E-state index contributed by atoms with van der Waals surface area (Å²) in [7, 11) is 0. The molecule has 0 aliphatic carbocycles. The van der Waals surface area contributed by atoms with Gasteiger partial charge in [-0.25, -0.2) is 4.79 Å². The number of allylic oxidation sites excluding steroid dienone is 1. The highest BCUT2D eigenvalue weighted by Crippen LogP contribution is 2.31. The van der Waals surface area contributed by atoms with Gasteiger partial charge in [0.15, 0.2) is 0 Å². The monoisotopic (exact) mass is 334 g/mol. The third-order valence-electron chi connectivity index (χ3n) is 4.10. The predicted octanol–water partition coefficient (Wildman–Crippen LogP) is 3.63. The zero-order chi connectivity index (χ0) is 17.0. The molecule has 2 heterocycles. The average molecular weight is 334 g/mol. The van der Waals surface area contributed by atoms with E-state index in [9.17, 15) is 4.79 Å². The summed E-state index contributed by atoms with van der Waals surface area (Å²) in [6.45, 7) is 14.7. The summed E-state index contributed by atoms with van der Waals surface area (Å²) < 4.78 is 4.50. The predicted molar refractivity (Wildman–Crippen MR) is 96.9 cm³/mol. The van der Waals surface area contributed by atoms with Gasteiger partial charge in [-0.3, -0.25) is 9.80 Å². The van der Waals surface area contributed by atoms with Crippen LogP contribution in [0.2, 0.25) is 0 Å². The smallest absolute Gasteiger partial charge is 0.308 e. The van der Waals surface area contributed by atoms with E-state index in [1.807, 2.05) is 16.7 Å². The number of nitrogens with zero attached hydrogens (tertiary/aromatic N) is 4. The fourth-order valence-corrected chi connectivity index (χ4v) is 3.66. The topological polar surface area (TPSA) is 39.7 Å². The number of urea groups is 1. The van der Waals surface area contributed by atoms with E-state index in [1.165, 1.54) is 17.1 Å². The lowest BCUT2D eigenvalue weighted by molar-refractivity contribution is 0.129. The molecule has 0 radical (unpaired) electrons. The van der Waals surface area contributed by atoms with Crippen LogP contribution in [0.4, 0.5) is 9.80 Å². The lowest BCUT2D eigenvalue weighted by Crippen LogP contribution is -2.58. The molecule has 0 N–H and O–H groups in total. The van der Waals surface area contributed by atoms with Crippen molar-refractivity contribution >= 4 is 22.6 Å². The van der Waals surface area contributed by atoms with Gasteiger partial charge < -0.3 is 4.90 Å². The van der Waals surface area contributed by atoms with Gasteiger partial charge in [-0.15, -0.1) is 6.58 Å². The average Bonchev–Trinajstić information content (AvgIpc) is 2.91. The van der Waals surface area contributed by atoms with E-state index in [0.29, 0.717) is 19.9 Å². The van der Waals surface area contributed by atoms with Gasteiger partial charge in [-0.2, -0.15) is 4.37 Å². The van der Waals surface area contributed by atoms with Gasteiger partial charge in [-0.1, -0.05) is 24.6 Å². The maximum absolute atomic E-state index is 12.8. The Balaban J connectivity index is 2.29. The summed E-state index contributed by atoms with van der Waals surface area (Å²) >= 11 is 1.42. The molecule has 1 fully saturated rings. The first-order chi connectivity index (χ1) is 11.0. The molecule has 2 amide bonds. The SMILES string of the molecule is C=CCN1CN(CC(C)=CC)CN(c2snc(CC)c2C)C1=O. The van der Waals surface area contributed by atoms with E-state index in [1.54, 1.807) is 6.08 Å². The number of anilines is 1. The minimum absolute atomic E-state index is 0.0358. The molecule has 1 aliphatic rings. The summed E-state index contributed by atoms with van der Waals surface area (Å²) in [5.41, 5.74) is 3.50. The number of aromatic nitrogens is 1. The Morgan fingerprint density at radius 2 is 2.17 bits per heavy atom. The van der Waals surface area contributed by atoms with Crippen LogP contribution in [-0.4, -0.2) is 46.6 Å². The molecule has 1 aromatic heterocycles. The molecular formula is C17H26N4OS. The van der Waals surface area contributed by atoms with Gasteiger partial charge in [0.05, 0.1) is 19.0 Å². The van der Waals surface area contributed by atoms with Crippen LogP contribution in [0.15, 0.2) is 24.3 Å². The second kappa shape index (κ2) is 7.75. The normalized spacial score (nSPS) is 17.0. The number of aryl methyl sites for hydroxylation is 1.